The Kier molecular flexibility index (Phi) is 25.2. The lowest BCUT2D eigenvalue weighted by atomic mass is 9.92. The van der Waals surface area contributed by atoms with Gasteiger partial charge in [0.1, 0.15) is 59.7 Å². The third-order valence-corrected chi connectivity index (χ3v) is 14.4. The lowest BCUT2D eigenvalue weighted by Gasteiger charge is -2.44. The molecule has 4 heterocycles. The number of amides is 2. The highest BCUT2D eigenvalue weighted by Gasteiger charge is 2.49. The molecule has 2 amide bonds. The van der Waals surface area contributed by atoms with Crippen LogP contribution in [0.3, 0.4) is 0 Å². The van der Waals surface area contributed by atoms with E-state index in [4.69, 9.17) is 42.1 Å². The molecule has 16 nitrogen and oxygen atoms in total. The third kappa shape index (κ3) is 16.0. The molecule has 20 heteroatoms. The maximum atomic E-state index is 13.0. The highest BCUT2D eigenvalue weighted by molar-refractivity contribution is 7.99. The molecule has 18 atom stereocenters. The van der Waals surface area contributed by atoms with E-state index < -0.39 is 82.5 Å². The van der Waals surface area contributed by atoms with Crippen molar-refractivity contribution in [1.29, 1.82) is 0 Å². The van der Waals surface area contributed by atoms with E-state index >= 15 is 0 Å². The number of nitrogens with one attached hydrogen (secondary N) is 4. The number of halogens is 2. The molecule has 0 radical (unpaired) electrons. The largest absolute Gasteiger partial charge is 0.388 e. The first-order valence-corrected chi connectivity index (χ1v) is 24.8. The molecular formula is C40H74Cl2N4O12S2. The quantitative estimate of drug-likeness (QED) is 0.0679. The van der Waals surface area contributed by atoms with E-state index in [9.17, 15) is 40.2 Å². The predicted octanol–water partition coefficient (Wildman–Crippen LogP) is 0.908. The number of alkyl halides is 2. The Balaban J connectivity index is 0.000000320. The first-order chi connectivity index (χ1) is 28.6. The molecule has 0 aliphatic carbocycles. The highest BCUT2D eigenvalue weighted by atomic mass is 35.5. The zero-order valence-electron chi connectivity index (χ0n) is 36.0. The van der Waals surface area contributed by atoms with Crippen LogP contribution in [0.15, 0.2) is 0 Å². The molecule has 4 aliphatic rings. The van der Waals surface area contributed by atoms with Crippen molar-refractivity contribution in [3.63, 3.8) is 0 Å². The molecule has 0 aromatic carbocycles. The number of carbonyl (C=O) groups is 2. The molecule has 352 valence electrons. The van der Waals surface area contributed by atoms with Crippen LogP contribution in [-0.4, -0.2) is 190 Å². The summed E-state index contributed by atoms with van der Waals surface area (Å²) in [5.41, 5.74) is -1.43. The number of aliphatic hydroxyl groups is 6. The van der Waals surface area contributed by atoms with Crippen molar-refractivity contribution in [2.45, 2.75) is 173 Å². The fourth-order valence-electron chi connectivity index (χ4n) is 8.46. The number of rotatable bonds is 18. The fraction of sp³-hybridized carbons (Fsp3) is 0.950. The normalized spacial score (nSPS) is 37.2. The second-order valence-electron chi connectivity index (χ2n) is 16.5. The van der Waals surface area contributed by atoms with Crippen LogP contribution in [0.4, 0.5) is 0 Å². The van der Waals surface area contributed by atoms with Gasteiger partial charge in [0, 0.05) is 27.4 Å². The fourth-order valence-corrected chi connectivity index (χ4v) is 10.2. The Morgan fingerprint density at radius 1 is 0.633 bits per heavy atom. The molecule has 0 aromatic rings. The Morgan fingerprint density at radius 3 is 1.32 bits per heavy atom. The number of carbonyl (C=O) groups excluding carboxylic acids is 2. The van der Waals surface area contributed by atoms with Crippen LogP contribution in [0.25, 0.3) is 0 Å². The van der Waals surface area contributed by atoms with E-state index in [2.05, 4.69) is 21.3 Å². The summed E-state index contributed by atoms with van der Waals surface area (Å²) in [6.07, 6.45) is 3.33. The number of aliphatic hydroxyl groups excluding tert-OH is 6. The van der Waals surface area contributed by atoms with E-state index in [0.717, 1.165) is 90.5 Å². The van der Waals surface area contributed by atoms with Crippen molar-refractivity contribution >= 4 is 58.5 Å². The lowest BCUT2D eigenvalue weighted by Crippen LogP contribution is -2.65. The number of methoxy groups -OCH3 is 2. The number of hydrogen-bond donors (Lipinski definition) is 10. The van der Waals surface area contributed by atoms with Gasteiger partial charge in [-0.15, -0.1) is 46.7 Å². The van der Waals surface area contributed by atoms with Gasteiger partial charge < -0.3 is 70.9 Å². The molecule has 0 saturated carbocycles. The highest BCUT2D eigenvalue weighted by Crippen LogP contribution is 2.32. The molecule has 4 aliphatic heterocycles. The summed E-state index contributed by atoms with van der Waals surface area (Å²) in [7, 11) is 3.41. The summed E-state index contributed by atoms with van der Waals surface area (Å²) in [5.74, 6) is 0.746. The Labute approximate surface area is 375 Å². The zero-order chi connectivity index (χ0) is 44.5. The Bertz CT molecular complexity index is 1150. The second kappa shape index (κ2) is 27.9. The molecule has 18 unspecified atom stereocenters. The summed E-state index contributed by atoms with van der Waals surface area (Å²) < 4.78 is 21.9. The SMILES string of the molecule is COCCCC1CCNC(C(=O)NC(C(C)Cl)C2OC(SC)C(O)C(O)C2O)CC1.COCCCC1CCNC(C(=O)NC(C(C)Cl)C2OC(SC)C(O)C(O)C2O)CC1. The van der Waals surface area contributed by atoms with Gasteiger partial charge in [-0.2, -0.15) is 0 Å². The maximum Gasteiger partial charge on any atom is 0.237 e. The first-order valence-electron chi connectivity index (χ1n) is 21.4. The molecule has 4 rings (SSSR count). The summed E-state index contributed by atoms with van der Waals surface area (Å²) >= 11 is 15.1. The van der Waals surface area contributed by atoms with Crippen molar-refractivity contribution in [3.8, 4) is 0 Å². The van der Waals surface area contributed by atoms with Gasteiger partial charge in [0.15, 0.2) is 0 Å². The van der Waals surface area contributed by atoms with Gasteiger partial charge >= 0.3 is 0 Å². The van der Waals surface area contributed by atoms with Gasteiger partial charge in [-0.1, -0.05) is 0 Å². The minimum absolute atomic E-state index is 0.192. The maximum absolute atomic E-state index is 13.0. The summed E-state index contributed by atoms with van der Waals surface area (Å²) in [4.78, 5) is 25.9. The topological polar surface area (TPSA) is 241 Å². The van der Waals surface area contributed by atoms with E-state index in [1.165, 1.54) is 23.5 Å². The number of thioether (sulfide) groups is 2. The zero-order valence-corrected chi connectivity index (χ0v) is 39.1. The van der Waals surface area contributed by atoms with Gasteiger partial charge in [-0.3, -0.25) is 9.59 Å². The molecule has 10 N–H and O–H groups in total. The van der Waals surface area contributed by atoms with E-state index in [1.807, 2.05) is 0 Å². The Hall–Kier alpha value is -0.260. The predicted molar refractivity (Wildman–Crippen MR) is 235 cm³/mol. The van der Waals surface area contributed by atoms with Crippen molar-refractivity contribution in [2.75, 3.05) is 53.0 Å². The van der Waals surface area contributed by atoms with E-state index in [0.29, 0.717) is 11.8 Å². The minimum Gasteiger partial charge on any atom is -0.388 e. The van der Waals surface area contributed by atoms with Crippen LogP contribution in [0.1, 0.15) is 78.1 Å². The minimum atomic E-state index is -1.38. The van der Waals surface area contributed by atoms with Crippen molar-refractivity contribution in [2.24, 2.45) is 11.8 Å². The van der Waals surface area contributed by atoms with Gasteiger partial charge in [-0.25, -0.2) is 0 Å². The van der Waals surface area contributed by atoms with Gasteiger partial charge in [-0.05, 0) is 115 Å². The molecule has 60 heavy (non-hydrogen) atoms. The van der Waals surface area contributed by atoms with E-state index in [-0.39, 0.29) is 23.9 Å². The molecule has 0 aromatic heterocycles. The second-order valence-corrected chi connectivity index (χ2v) is 19.8. The molecular weight excluding hydrogens is 863 g/mol. The Morgan fingerprint density at radius 2 is 1.00 bits per heavy atom. The van der Waals surface area contributed by atoms with Crippen LogP contribution in [0, 0.1) is 11.8 Å². The summed E-state index contributed by atoms with van der Waals surface area (Å²) in [6.45, 7) is 6.45. The molecule has 4 saturated heterocycles. The number of ether oxygens (including phenoxy) is 4. The van der Waals surface area contributed by atoms with Crippen LogP contribution in [0.2, 0.25) is 0 Å². The third-order valence-electron chi connectivity index (χ3n) is 12.2. The van der Waals surface area contributed by atoms with Gasteiger partial charge in [0.25, 0.3) is 0 Å². The first kappa shape index (κ1) is 54.1. The molecule has 0 bridgehead atoms. The van der Waals surface area contributed by atoms with Crippen LogP contribution in [0.5, 0.6) is 0 Å². The average Bonchev–Trinajstić information content (AvgIpc) is 3.62. The van der Waals surface area contributed by atoms with Crippen LogP contribution in [-0.2, 0) is 28.5 Å². The van der Waals surface area contributed by atoms with Gasteiger partial charge in [0.05, 0.1) is 34.9 Å². The van der Waals surface area contributed by atoms with Crippen LogP contribution >= 0.6 is 46.7 Å². The number of hydrogen-bond acceptors (Lipinski definition) is 16. The standard InChI is InChI=1S/2C20H37ClN2O6S/c2*1-11(21)14(18-16(25)15(24)17(26)20(29-18)30-3)23-19(27)13-7-6-12(8-9-22-13)5-4-10-28-2/h2*11-18,20,22,24-26H,4-10H2,1-3H3,(H,23,27). The lowest BCUT2D eigenvalue weighted by molar-refractivity contribution is -0.205. The van der Waals surface area contributed by atoms with Gasteiger partial charge in [0.2, 0.25) is 11.8 Å². The molecule has 0 spiro atoms. The summed E-state index contributed by atoms with van der Waals surface area (Å²) in [6, 6.07) is -2.12. The van der Waals surface area contributed by atoms with Crippen molar-refractivity contribution in [1.82, 2.24) is 21.3 Å². The molecule has 4 fully saturated rings. The van der Waals surface area contributed by atoms with Crippen LogP contribution < -0.4 is 21.3 Å². The van der Waals surface area contributed by atoms with E-state index in [1.54, 1.807) is 40.6 Å². The smallest absolute Gasteiger partial charge is 0.237 e. The summed E-state index contributed by atoms with van der Waals surface area (Å²) in [5, 5.41) is 72.9. The van der Waals surface area contributed by atoms with Crippen molar-refractivity contribution < 1.29 is 59.2 Å². The average molecular weight is 938 g/mol. The van der Waals surface area contributed by atoms with Crippen molar-refractivity contribution in [3.05, 3.63) is 0 Å². The monoisotopic (exact) mass is 936 g/mol.